The molecule has 4 nitrogen and oxygen atoms in total. The maximum atomic E-state index is 11.0. The fraction of sp³-hybridized carbons (Fsp3) is 0.364. The Hall–Kier alpha value is -1.39. The second-order valence-corrected chi connectivity index (χ2v) is 3.05. The molecule has 4 heteroatoms. The molecule has 0 amide bonds. The Kier molecular flexibility index (Phi) is 4.80. The maximum Gasteiger partial charge on any atom is 0.342 e. The zero-order valence-corrected chi connectivity index (χ0v) is 8.60. The molecule has 0 atom stereocenters. The lowest BCUT2D eigenvalue weighted by atomic mass is 10.0. The smallest absolute Gasteiger partial charge is 0.342 e. The van der Waals surface area contributed by atoms with Crippen LogP contribution in [-0.4, -0.2) is 18.2 Å². The second kappa shape index (κ2) is 6.16. The Morgan fingerprint density at radius 2 is 2.00 bits per heavy atom. The fourth-order valence-electron chi connectivity index (χ4n) is 1.33. The average molecular weight is 210 g/mol. The first-order valence-corrected chi connectivity index (χ1v) is 4.69. The van der Waals surface area contributed by atoms with Crippen molar-refractivity contribution in [3.63, 3.8) is 0 Å². The number of rotatable bonds is 5. The van der Waals surface area contributed by atoms with Crippen LogP contribution in [0.2, 0.25) is 0 Å². The van der Waals surface area contributed by atoms with Crippen LogP contribution in [0.1, 0.15) is 17.5 Å². The molecule has 0 saturated heterocycles. The topological polar surface area (TPSA) is 55.8 Å². The van der Waals surface area contributed by atoms with Gasteiger partial charge in [-0.1, -0.05) is 24.3 Å². The normalized spacial score (nSPS) is 10.0. The van der Waals surface area contributed by atoms with Gasteiger partial charge < -0.3 is 5.11 Å². The lowest BCUT2D eigenvalue weighted by Crippen LogP contribution is -2.05. The largest absolute Gasteiger partial charge is 0.392 e. The van der Waals surface area contributed by atoms with Crippen molar-refractivity contribution < 1.29 is 19.7 Å². The van der Waals surface area contributed by atoms with E-state index < -0.39 is 5.97 Å². The molecule has 0 saturated carbocycles. The first-order chi connectivity index (χ1) is 7.27. The van der Waals surface area contributed by atoms with Gasteiger partial charge in [0.05, 0.1) is 20.1 Å². The monoisotopic (exact) mass is 210 g/mol. The summed E-state index contributed by atoms with van der Waals surface area (Å²) >= 11 is 0. The van der Waals surface area contributed by atoms with Gasteiger partial charge in [0.25, 0.3) is 0 Å². The Labute approximate surface area is 88.4 Å². The van der Waals surface area contributed by atoms with Gasteiger partial charge in [-0.05, 0) is 17.5 Å². The summed E-state index contributed by atoms with van der Waals surface area (Å²) in [6, 6.07) is 7.43. The Balaban J connectivity index is 2.53. The average Bonchev–Trinajstić information content (AvgIpc) is 2.27. The summed E-state index contributed by atoms with van der Waals surface area (Å²) < 4.78 is 0. The van der Waals surface area contributed by atoms with Gasteiger partial charge >= 0.3 is 5.97 Å². The van der Waals surface area contributed by atoms with Crippen LogP contribution in [0, 0.1) is 0 Å². The van der Waals surface area contributed by atoms with E-state index in [0.29, 0.717) is 6.42 Å². The molecule has 0 bridgehead atoms. The van der Waals surface area contributed by atoms with Crippen molar-refractivity contribution in [1.82, 2.24) is 0 Å². The standard InChI is InChI=1S/C11H14O4/c1-14-15-11(13)7-6-9-4-2-3-5-10(9)8-12/h2-5,12H,6-8H2,1H3. The van der Waals surface area contributed by atoms with E-state index in [1.165, 1.54) is 7.11 Å². The number of hydrogen-bond donors (Lipinski definition) is 1. The highest BCUT2D eigenvalue weighted by Crippen LogP contribution is 2.11. The molecule has 0 aromatic heterocycles. The molecule has 15 heavy (non-hydrogen) atoms. The van der Waals surface area contributed by atoms with Crippen LogP contribution in [0.4, 0.5) is 0 Å². The van der Waals surface area contributed by atoms with Crippen LogP contribution in [0.5, 0.6) is 0 Å². The predicted molar refractivity (Wildman–Crippen MR) is 53.8 cm³/mol. The van der Waals surface area contributed by atoms with E-state index in [9.17, 15) is 4.79 Å². The number of carbonyl (C=O) groups excluding carboxylic acids is 1. The van der Waals surface area contributed by atoms with Crippen molar-refractivity contribution in [1.29, 1.82) is 0 Å². The minimum Gasteiger partial charge on any atom is -0.392 e. The van der Waals surface area contributed by atoms with Crippen LogP contribution < -0.4 is 0 Å². The number of aliphatic hydroxyl groups excluding tert-OH is 1. The first-order valence-electron chi connectivity index (χ1n) is 4.69. The molecule has 0 radical (unpaired) electrons. The summed E-state index contributed by atoms with van der Waals surface area (Å²) in [6.07, 6.45) is 0.782. The predicted octanol–water partition coefficient (Wildman–Crippen LogP) is 1.22. The molecular weight excluding hydrogens is 196 g/mol. The van der Waals surface area contributed by atoms with Crippen molar-refractivity contribution in [2.75, 3.05) is 7.11 Å². The van der Waals surface area contributed by atoms with E-state index in [2.05, 4.69) is 9.78 Å². The SMILES string of the molecule is COOC(=O)CCc1ccccc1CO. The summed E-state index contributed by atoms with van der Waals surface area (Å²) in [5.74, 6) is -0.412. The molecule has 82 valence electrons. The summed E-state index contributed by atoms with van der Waals surface area (Å²) in [5, 5.41) is 9.05. The zero-order valence-electron chi connectivity index (χ0n) is 8.60. The van der Waals surface area contributed by atoms with Crippen LogP contribution in [0.3, 0.4) is 0 Å². The zero-order chi connectivity index (χ0) is 11.1. The van der Waals surface area contributed by atoms with Crippen molar-refractivity contribution in [2.45, 2.75) is 19.4 Å². The third-order valence-corrected chi connectivity index (χ3v) is 2.06. The third-order valence-electron chi connectivity index (χ3n) is 2.06. The summed E-state index contributed by atoms with van der Waals surface area (Å²) in [6.45, 7) is -0.0184. The lowest BCUT2D eigenvalue weighted by molar-refractivity contribution is -0.254. The van der Waals surface area contributed by atoms with Gasteiger partial charge in [0.1, 0.15) is 0 Å². The summed E-state index contributed by atoms with van der Waals surface area (Å²) in [5.41, 5.74) is 1.79. The second-order valence-electron chi connectivity index (χ2n) is 3.05. The third kappa shape index (κ3) is 3.69. The van der Waals surface area contributed by atoms with Crippen LogP contribution in [0.15, 0.2) is 24.3 Å². The Bertz CT molecular complexity index is 322. The fourth-order valence-corrected chi connectivity index (χ4v) is 1.33. The van der Waals surface area contributed by atoms with E-state index in [0.717, 1.165) is 11.1 Å². The molecule has 0 heterocycles. The molecule has 1 aromatic carbocycles. The molecule has 1 aromatic rings. The number of carbonyl (C=O) groups is 1. The van der Waals surface area contributed by atoms with Gasteiger partial charge in [-0.15, -0.1) is 0 Å². The molecular formula is C11H14O4. The molecule has 0 aliphatic rings. The number of aryl methyl sites for hydroxylation is 1. The minimum absolute atomic E-state index is 0.0184. The van der Waals surface area contributed by atoms with Gasteiger partial charge in [0.15, 0.2) is 0 Å². The molecule has 1 N–H and O–H groups in total. The molecule has 0 aliphatic carbocycles. The molecule has 0 spiro atoms. The Morgan fingerprint density at radius 1 is 1.33 bits per heavy atom. The molecule has 0 aliphatic heterocycles. The van der Waals surface area contributed by atoms with Gasteiger partial charge in [-0.2, -0.15) is 4.89 Å². The highest BCUT2D eigenvalue weighted by Gasteiger charge is 2.06. The van der Waals surface area contributed by atoms with Gasteiger partial charge in [-0.25, -0.2) is 4.79 Å². The molecule has 1 rings (SSSR count). The van der Waals surface area contributed by atoms with Gasteiger partial charge in [-0.3, -0.25) is 4.89 Å². The quantitative estimate of drug-likeness (QED) is 0.586. The van der Waals surface area contributed by atoms with E-state index in [1.54, 1.807) is 0 Å². The number of aliphatic hydroxyl groups is 1. The van der Waals surface area contributed by atoms with Crippen molar-refractivity contribution >= 4 is 5.97 Å². The van der Waals surface area contributed by atoms with Crippen LogP contribution >= 0.6 is 0 Å². The summed E-state index contributed by atoms with van der Waals surface area (Å²) in [7, 11) is 1.29. The highest BCUT2D eigenvalue weighted by atomic mass is 17.2. The summed E-state index contributed by atoms with van der Waals surface area (Å²) in [4.78, 5) is 19.6. The molecule has 0 unspecified atom stereocenters. The van der Waals surface area contributed by atoms with E-state index in [1.807, 2.05) is 24.3 Å². The van der Waals surface area contributed by atoms with Gasteiger partial charge in [0, 0.05) is 0 Å². The highest BCUT2D eigenvalue weighted by molar-refractivity contribution is 5.69. The number of hydrogen-bond acceptors (Lipinski definition) is 4. The van der Waals surface area contributed by atoms with Crippen molar-refractivity contribution in [2.24, 2.45) is 0 Å². The Morgan fingerprint density at radius 3 is 2.60 bits per heavy atom. The van der Waals surface area contributed by atoms with Crippen molar-refractivity contribution in [3.05, 3.63) is 35.4 Å². The van der Waals surface area contributed by atoms with Crippen LogP contribution in [0.25, 0.3) is 0 Å². The maximum absolute atomic E-state index is 11.0. The van der Waals surface area contributed by atoms with Crippen LogP contribution in [-0.2, 0) is 27.6 Å². The van der Waals surface area contributed by atoms with E-state index >= 15 is 0 Å². The van der Waals surface area contributed by atoms with E-state index in [-0.39, 0.29) is 13.0 Å². The van der Waals surface area contributed by atoms with E-state index in [4.69, 9.17) is 5.11 Å². The number of benzene rings is 1. The first kappa shape index (κ1) is 11.7. The van der Waals surface area contributed by atoms with Crippen molar-refractivity contribution in [3.8, 4) is 0 Å². The van der Waals surface area contributed by atoms with Gasteiger partial charge in [0.2, 0.25) is 0 Å². The molecule has 0 fully saturated rings. The minimum atomic E-state index is -0.412. The lowest BCUT2D eigenvalue weighted by Gasteiger charge is -2.05.